The number of carbonyl (C=O) groups excluding carboxylic acids is 3. The third-order valence-corrected chi connectivity index (χ3v) is 6.48. The molecule has 2 N–H and O–H groups in total. The van der Waals surface area contributed by atoms with Gasteiger partial charge in [-0.15, -0.1) is 5.10 Å². The van der Waals surface area contributed by atoms with Gasteiger partial charge in [-0.05, 0) is 23.9 Å². The van der Waals surface area contributed by atoms with Crippen LogP contribution >= 0.6 is 0 Å². The summed E-state index contributed by atoms with van der Waals surface area (Å²) in [7, 11) is 0. The molecule has 1 fully saturated rings. The number of hydrogen-bond donors (Lipinski definition) is 2. The number of nitrogens with zero attached hydrogens (tertiary/aromatic N) is 3. The van der Waals surface area contributed by atoms with E-state index >= 15 is 0 Å². The standard InChI is InChI=1S/C29H37N5O6/c1-5-12-30-28(37)40-34-25(19-24(32-34)29(2,3)4)31-27(36)26(35)22-10-11-23(21-9-7-6-8-20(21)22)39-18-15-33-13-16-38-17-14-33/h6-11,19H,5,12-18H2,1-4H3,(H,30,37)(H,31,36). The van der Waals surface area contributed by atoms with Crippen LogP contribution in [0.4, 0.5) is 10.6 Å². The molecule has 0 atom stereocenters. The minimum atomic E-state index is -0.884. The molecule has 1 aliphatic heterocycles. The van der Waals surface area contributed by atoms with E-state index in [1.54, 1.807) is 24.3 Å². The number of rotatable bonds is 10. The molecule has 0 bridgehead atoms. The first-order valence-electron chi connectivity index (χ1n) is 13.5. The zero-order valence-electron chi connectivity index (χ0n) is 23.5. The molecule has 1 aromatic heterocycles. The molecule has 4 rings (SSSR count). The van der Waals surface area contributed by atoms with E-state index in [1.165, 1.54) is 0 Å². The average Bonchev–Trinajstić information content (AvgIpc) is 3.34. The molecule has 11 nitrogen and oxygen atoms in total. The zero-order chi connectivity index (χ0) is 28.7. The molecule has 0 aliphatic carbocycles. The van der Waals surface area contributed by atoms with Crippen molar-refractivity contribution in [1.29, 1.82) is 0 Å². The summed E-state index contributed by atoms with van der Waals surface area (Å²) in [4.78, 5) is 47.2. The summed E-state index contributed by atoms with van der Waals surface area (Å²) < 4.78 is 11.5. The van der Waals surface area contributed by atoms with Crippen LogP contribution in [0.1, 0.15) is 50.2 Å². The van der Waals surface area contributed by atoms with Crippen LogP contribution in [0.3, 0.4) is 0 Å². The van der Waals surface area contributed by atoms with Crippen molar-refractivity contribution in [3.8, 4) is 5.75 Å². The Morgan fingerprint density at radius 1 is 1.05 bits per heavy atom. The van der Waals surface area contributed by atoms with E-state index in [0.29, 0.717) is 30.0 Å². The van der Waals surface area contributed by atoms with Gasteiger partial charge in [-0.3, -0.25) is 19.3 Å². The molecule has 0 unspecified atom stereocenters. The van der Waals surface area contributed by atoms with E-state index in [2.05, 4.69) is 20.6 Å². The van der Waals surface area contributed by atoms with Gasteiger partial charge in [-0.1, -0.05) is 56.8 Å². The lowest BCUT2D eigenvalue weighted by Gasteiger charge is -2.26. The van der Waals surface area contributed by atoms with Crippen LogP contribution in [0, 0.1) is 0 Å². The number of carbonyl (C=O) groups is 3. The lowest BCUT2D eigenvalue weighted by atomic mass is 9.92. The number of Topliss-reactive ketones (excluding diaryl/α,β-unsaturated/α-hetero) is 1. The first kappa shape index (κ1) is 29.0. The largest absolute Gasteiger partial charge is 0.492 e. The molecule has 2 aromatic carbocycles. The van der Waals surface area contributed by atoms with Gasteiger partial charge < -0.3 is 20.1 Å². The number of hydrogen-bond acceptors (Lipinski definition) is 8. The number of benzene rings is 2. The van der Waals surface area contributed by atoms with Crippen LogP contribution in [-0.4, -0.2) is 78.6 Å². The molecule has 3 aromatic rings. The Kier molecular flexibility index (Phi) is 9.38. The normalized spacial score (nSPS) is 14.1. The molecule has 0 spiro atoms. The minimum absolute atomic E-state index is 0.0716. The van der Waals surface area contributed by atoms with Crippen molar-refractivity contribution in [2.45, 2.75) is 39.5 Å². The van der Waals surface area contributed by atoms with Gasteiger partial charge in [0, 0.05) is 48.6 Å². The summed E-state index contributed by atoms with van der Waals surface area (Å²) in [6.45, 7) is 12.6. The van der Waals surface area contributed by atoms with Crippen LogP contribution in [0.25, 0.3) is 10.8 Å². The molecule has 0 saturated carbocycles. The molecule has 0 radical (unpaired) electrons. The van der Waals surface area contributed by atoms with Gasteiger partial charge in [0.1, 0.15) is 12.4 Å². The maximum atomic E-state index is 13.4. The molecule has 40 heavy (non-hydrogen) atoms. The first-order chi connectivity index (χ1) is 19.2. The fourth-order valence-electron chi connectivity index (χ4n) is 4.22. The predicted octanol–water partition coefficient (Wildman–Crippen LogP) is 3.41. The Bertz CT molecular complexity index is 1360. The van der Waals surface area contributed by atoms with Crippen molar-refractivity contribution in [2.24, 2.45) is 0 Å². The lowest BCUT2D eigenvalue weighted by molar-refractivity contribution is -0.112. The highest BCUT2D eigenvalue weighted by molar-refractivity contribution is 6.48. The van der Waals surface area contributed by atoms with E-state index in [0.717, 1.165) is 49.5 Å². The second-order valence-electron chi connectivity index (χ2n) is 10.6. The molecule has 1 saturated heterocycles. The van der Waals surface area contributed by atoms with E-state index < -0.39 is 23.2 Å². The van der Waals surface area contributed by atoms with Crippen molar-refractivity contribution in [3.05, 3.63) is 53.7 Å². The Morgan fingerprint density at radius 3 is 2.48 bits per heavy atom. The smallest absolute Gasteiger partial charge is 0.433 e. The third kappa shape index (κ3) is 7.16. The molecular formula is C29H37N5O6. The Balaban J connectivity index is 1.52. The molecule has 2 amide bonds. The number of ketones is 1. The first-order valence-corrected chi connectivity index (χ1v) is 13.5. The minimum Gasteiger partial charge on any atom is -0.492 e. The van der Waals surface area contributed by atoms with E-state index in [4.69, 9.17) is 14.3 Å². The lowest BCUT2D eigenvalue weighted by Crippen LogP contribution is -2.38. The summed E-state index contributed by atoms with van der Waals surface area (Å²) in [5, 5.41) is 10.8. The maximum Gasteiger partial charge on any atom is 0.433 e. The molecule has 2 heterocycles. The Labute approximate surface area is 233 Å². The monoisotopic (exact) mass is 551 g/mol. The zero-order valence-corrected chi connectivity index (χ0v) is 23.5. The number of morpholine rings is 1. The van der Waals surface area contributed by atoms with Crippen molar-refractivity contribution in [3.63, 3.8) is 0 Å². The highest BCUT2D eigenvalue weighted by Gasteiger charge is 2.26. The number of fused-ring (bicyclic) bond motifs is 1. The fourth-order valence-corrected chi connectivity index (χ4v) is 4.22. The third-order valence-electron chi connectivity index (χ3n) is 6.48. The van der Waals surface area contributed by atoms with Crippen LogP contribution in [0.2, 0.25) is 0 Å². The van der Waals surface area contributed by atoms with E-state index in [9.17, 15) is 14.4 Å². The maximum absolute atomic E-state index is 13.4. The summed E-state index contributed by atoms with van der Waals surface area (Å²) in [6, 6.07) is 12.2. The van der Waals surface area contributed by atoms with Crippen molar-refractivity contribution in [2.75, 3.05) is 51.3 Å². The Morgan fingerprint density at radius 2 is 1.77 bits per heavy atom. The van der Waals surface area contributed by atoms with Gasteiger partial charge in [0.25, 0.3) is 11.7 Å². The summed E-state index contributed by atoms with van der Waals surface area (Å²) in [6.07, 6.45) is 0.00742. The van der Waals surface area contributed by atoms with Crippen LogP contribution < -0.4 is 20.2 Å². The fraction of sp³-hybridized carbons (Fsp3) is 0.448. The highest BCUT2D eigenvalue weighted by Crippen LogP contribution is 2.29. The van der Waals surface area contributed by atoms with Crippen molar-refractivity contribution in [1.82, 2.24) is 20.2 Å². The van der Waals surface area contributed by atoms with Crippen molar-refractivity contribution < 1.29 is 28.7 Å². The quantitative estimate of drug-likeness (QED) is 0.290. The van der Waals surface area contributed by atoms with Gasteiger partial charge in [0.2, 0.25) is 0 Å². The SMILES string of the molecule is CCCNC(=O)On1nc(C(C)(C)C)cc1NC(=O)C(=O)c1ccc(OCCN2CCOCC2)c2ccccc12. The number of amides is 2. The average molecular weight is 552 g/mol. The summed E-state index contributed by atoms with van der Waals surface area (Å²) >= 11 is 0. The second kappa shape index (κ2) is 12.9. The van der Waals surface area contributed by atoms with Crippen molar-refractivity contribution >= 4 is 34.4 Å². The van der Waals surface area contributed by atoms with E-state index in [-0.39, 0.29) is 11.4 Å². The van der Waals surface area contributed by atoms with Crippen LogP contribution in [0.5, 0.6) is 5.75 Å². The molecular weight excluding hydrogens is 514 g/mol. The Hall–Kier alpha value is -3.96. The molecule has 11 heteroatoms. The van der Waals surface area contributed by atoms with Gasteiger partial charge >= 0.3 is 6.09 Å². The predicted molar refractivity (Wildman–Crippen MR) is 151 cm³/mol. The van der Waals surface area contributed by atoms with Crippen LogP contribution in [-0.2, 0) is 14.9 Å². The van der Waals surface area contributed by atoms with E-state index in [1.807, 2.05) is 45.9 Å². The molecule has 1 aliphatic rings. The second-order valence-corrected chi connectivity index (χ2v) is 10.6. The number of aromatic nitrogens is 2. The van der Waals surface area contributed by atoms with Gasteiger partial charge in [0.05, 0.1) is 18.9 Å². The number of ether oxygens (including phenoxy) is 2. The topological polar surface area (TPSA) is 124 Å². The number of nitrogens with one attached hydrogen (secondary N) is 2. The molecule has 214 valence electrons. The van der Waals surface area contributed by atoms with Gasteiger partial charge in [-0.25, -0.2) is 4.79 Å². The van der Waals surface area contributed by atoms with Gasteiger partial charge in [-0.2, -0.15) is 0 Å². The summed E-state index contributed by atoms with van der Waals surface area (Å²) in [5.41, 5.74) is 0.408. The summed E-state index contributed by atoms with van der Waals surface area (Å²) in [5.74, 6) is -0.913. The van der Waals surface area contributed by atoms with Gasteiger partial charge in [0.15, 0.2) is 5.82 Å². The van der Waals surface area contributed by atoms with Crippen LogP contribution in [0.15, 0.2) is 42.5 Å². The number of anilines is 1. The highest BCUT2D eigenvalue weighted by atomic mass is 16.7.